The summed E-state index contributed by atoms with van der Waals surface area (Å²) in [6, 6.07) is 4.96. The van der Waals surface area contributed by atoms with Crippen molar-refractivity contribution < 1.29 is 13.5 Å². The Morgan fingerprint density at radius 2 is 2.05 bits per heavy atom. The van der Waals surface area contributed by atoms with Gasteiger partial charge in [-0.25, -0.2) is 8.42 Å². The van der Waals surface area contributed by atoms with Gasteiger partial charge < -0.3 is 10.8 Å². The number of hydrogen-bond acceptors (Lipinski definition) is 4. The topological polar surface area (TPSA) is 83.6 Å². The second-order valence-electron chi connectivity index (χ2n) is 5.92. The van der Waals surface area contributed by atoms with Gasteiger partial charge in [-0.05, 0) is 43.4 Å². The molecule has 6 heteroatoms. The average Bonchev–Trinajstić information content (AvgIpc) is 2.95. The molecule has 3 unspecified atom stereocenters. The third-order valence-electron chi connectivity index (χ3n) is 4.62. The summed E-state index contributed by atoms with van der Waals surface area (Å²) < 4.78 is 27.0. The predicted molar refractivity (Wildman–Crippen MR) is 76.6 cm³/mol. The van der Waals surface area contributed by atoms with E-state index >= 15 is 0 Å². The monoisotopic (exact) mass is 296 g/mol. The number of nitrogens with two attached hydrogens (primary N) is 1. The molecule has 5 nitrogen and oxygen atoms in total. The molecule has 3 atom stereocenters. The highest BCUT2D eigenvalue weighted by molar-refractivity contribution is 7.89. The maximum atomic E-state index is 12.7. The van der Waals surface area contributed by atoms with E-state index < -0.39 is 10.0 Å². The molecule has 0 aromatic heterocycles. The number of sulfonamides is 1. The van der Waals surface area contributed by atoms with Gasteiger partial charge in [0.1, 0.15) is 0 Å². The lowest BCUT2D eigenvalue weighted by Gasteiger charge is -2.19. The molecule has 0 spiro atoms. The van der Waals surface area contributed by atoms with Gasteiger partial charge in [0.25, 0.3) is 0 Å². The number of nitrogen functional groups attached to an aromatic ring is 1. The van der Waals surface area contributed by atoms with Gasteiger partial charge in [-0.15, -0.1) is 0 Å². The van der Waals surface area contributed by atoms with Gasteiger partial charge in [0, 0.05) is 24.7 Å². The number of aliphatic hydroxyl groups is 1. The summed E-state index contributed by atoms with van der Waals surface area (Å²) in [4.78, 5) is 0.284. The number of fused-ring (bicyclic) bond motifs is 1. The fraction of sp³-hybridized carbons (Fsp3) is 0.571. The molecule has 2 fully saturated rings. The Labute approximate surface area is 119 Å². The van der Waals surface area contributed by atoms with Crippen LogP contribution in [0.2, 0.25) is 0 Å². The van der Waals surface area contributed by atoms with E-state index in [1.807, 2.05) is 0 Å². The van der Waals surface area contributed by atoms with Crippen LogP contribution in [0.3, 0.4) is 0 Å². The van der Waals surface area contributed by atoms with Crippen LogP contribution >= 0.6 is 0 Å². The molecule has 110 valence electrons. The number of hydrogen-bond donors (Lipinski definition) is 2. The molecule has 1 aromatic carbocycles. The molecular formula is C14H20N2O3S. The first-order valence-corrected chi connectivity index (χ1v) is 8.38. The molecule has 1 aliphatic heterocycles. The number of benzene rings is 1. The smallest absolute Gasteiger partial charge is 0.243 e. The van der Waals surface area contributed by atoms with Crippen LogP contribution in [0.5, 0.6) is 0 Å². The molecule has 0 bridgehead atoms. The van der Waals surface area contributed by atoms with Crippen LogP contribution in [0.1, 0.15) is 18.4 Å². The van der Waals surface area contributed by atoms with E-state index in [-0.39, 0.29) is 16.9 Å². The Hall–Kier alpha value is -1.11. The molecule has 20 heavy (non-hydrogen) atoms. The Bertz CT molecular complexity index is 629. The molecule has 3 rings (SSSR count). The summed E-state index contributed by atoms with van der Waals surface area (Å²) in [5, 5.41) is 9.91. The molecule has 1 saturated carbocycles. The summed E-state index contributed by atoms with van der Waals surface area (Å²) in [6.07, 6.45) is 1.34. The van der Waals surface area contributed by atoms with E-state index in [1.54, 1.807) is 19.1 Å². The maximum Gasteiger partial charge on any atom is 0.243 e. The average molecular weight is 296 g/mol. The van der Waals surface area contributed by atoms with Gasteiger partial charge in [-0.1, -0.05) is 6.07 Å². The number of aliphatic hydroxyl groups excluding tert-OH is 1. The van der Waals surface area contributed by atoms with Crippen molar-refractivity contribution in [1.29, 1.82) is 0 Å². The third-order valence-corrected chi connectivity index (χ3v) is 6.59. The van der Waals surface area contributed by atoms with Crippen LogP contribution < -0.4 is 5.73 Å². The number of anilines is 1. The highest BCUT2D eigenvalue weighted by Gasteiger charge is 2.45. The Morgan fingerprint density at radius 1 is 1.30 bits per heavy atom. The van der Waals surface area contributed by atoms with E-state index in [9.17, 15) is 13.5 Å². The van der Waals surface area contributed by atoms with Crippen LogP contribution in [0.15, 0.2) is 23.1 Å². The number of rotatable bonds is 2. The fourth-order valence-electron chi connectivity index (χ4n) is 3.43. The second kappa shape index (κ2) is 4.72. The minimum Gasteiger partial charge on any atom is -0.399 e. The molecule has 1 heterocycles. The minimum atomic E-state index is -3.52. The second-order valence-corrected chi connectivity index (χ2v) is 7.82. The van der Waals surface area contributed by atoms with Crippen molar-refractivity contribution in [1.82, 2.24) is 4.31 Å². The Morgan fingerprint density at radius 3 is 2.75 bits per heavy atom. The molecule has 0 radical (unpaired) electrons. The van der Waals surface area contributed by atoms with E-state index in [0.29, 0.717) is 30.3 Å². The van der Waals surface area contributed by atoms with Gasteiger partial charge >= 0.3 is 0 Å². The zero-order valence-corrected chi connectivity index (χ0v) is 12.3. The Kier molecular flexibility index (Phi) is 3.27. The summed E-state index contributed by atoms with van der Waals surface area (Å²) in [5.74, 6) is 0.382. The quantitative estimate of drug-likeness (QED) is 0.797. The van der Waals surface area contributed by atoms with Gasteiger partial charge in [0.15, 0.2) is 0 Å². The predicted octanol–water partition coefficient (Wildman–Crippen LogP) is 0.969. The summed E-state index contributed by atoms with van der Waals surface area (Å²) in [5.41, 5.74) is 6.87. The van der Waals surface area contributed by atoms with Gasteiger partial charge in [-0.2, -0.15) is 4.31 Å². The van der Waals surface area contributed by atoms with Crippen molar-refractivity contribution >= 4 is 15.7 Å². The molecule has 3 N–H and O–H groups in total. The van der Waals surface area contributed by atoms with Gasteiger partial charge in [-0.3, -0.25) is 0 Å². The van der Waals surface area contributed by atoms with Crippen molar-refractivity contribution in [3.05, 3.63) is 23.8 Å². The standard InChI is InChI=1S/C14H20N2O3S/c1-9-2-4-11(15)6-14(9)20(18,19)16-7-10-3-5-13(17)12(10)8-16/h2,4,6,10,12-13,17H,3,5,7-8,15H2,1H3. The fourth-order valence-corrected chi connectivity index (χ4v) is 5.22. The molecule has 1 aliphatic carbocycles. The first-order valence-electron chi connectivity index (χ1n) is 6.94. The zero-order valence-electron chi connectivity index (χ0n) is 11.5. The number of aryl methyl sites for hydroxylation is 1. The lowest BCUT2D eigenvalue weighted by Crippen LogP contribution is -2.31. The molecule has 0 amide bonds. The summed E-state index contributed by atoms with van der Waals surface area (Å²) >= 11 is 0. The largest absolute Gasteiger partial charge is 0.399 e. The van der Waals surface area contributed by atoms with E-state index in [2.05, 4.69) is 0 Å². The SMILES string of the molecule is Cc1ccc(N)cc1S(=O)(=O)N1CC2CCC(O)C2C1. The molecule has 1 aromatic rings. The molecule has 1 saturated heterocycles. The maximum absolute atomic E-state index is 12.7. The van der Waals surface area contributed by atoms with Crippen molar-refractivity contribution in [2.45, 2.75) is 30.8 Å². The molecular weight excluding hydrogens is 276 g/mol. The van der Waals surface area contributed by atoms with Crippen LogP contribution in [-0.4, -0.2) is 37.0 Å². The van der Waals surface area contributed by atoms with Crippen LogP contribution in [0.25, 0.3) is 0 Å². The van der Waals surface area contributed by atoms with E-state index in [1.165, 1.54) is 10.4 Å². The van der Waals surface area contributed by atoms with Crippen molar-refractivity contribution in [2.24, 2.45) is 11.8 Å². The first-order chi connectivity index (χ1) is 9.39. The van der Waals surface area contributed by atoms with E-state index in [0.717, 1.165) is 12.8 Å². The highest BCUT2D eigenvalue weighted by atomic mass is 32.2. The molecule has 2 aliphatic rings. The van der Waals surface area contributed by atoms with Crippen LogP contribution in [0, 0.1) is 18.8 Å². The Balaban J connectivity index is 1.92. The summed E-state index contributed by atoms with van der Waals surface area (Å²) in [7, 11) is -3.52. The van der Waals surface area contributed by atoms with Crippen molar-refractivity contribution in [3.63, 3.8) is 0 Å². The van der Waals surface area contributed by atoms with Gasteiger partial charge in [0.2, 0.25) is 10.0 Å². The van der Waals surface area contributed by atoms with Crippen LogP contribution in [0.4, 0.5) is 5.69 Å². The third kappa shape index (κ3) is 2.12. The zero-order chi connectivity index (χ0) is 14.5. The lowest BCUT2D eigenvalue weighted by atomic mass is 10.00. The lowest BCUT2D eigenvalue weighted by molar-refractivity contribution is 0.129. The minimum absolute atomic E-state index is 0.0890. The van der Waals surface area contributed by atoms with Crippen LogP contribution in [-0.2, 0) is 10.0 Å². The summed E-state index contributed by atoms with van der Waals surface area (Å²) in [6.45, 7) is 2.71. The van der Waals surface area contributed by atoms with Crippen molar-refractivity contribution in [2.75, 3.05) is 18.8 Å². The highest BCUT2D eigenvalue weighted by Crippen LogP contribution is 2.40. The van der Waals surface area contributed by atoms with E-state index in [4.69, 9.17) is 5.73 Å². The number of nitrogens with zero attached hydrogens (tertiary/aromatic N) is 1. The van der Waals surface area contributed by atoms with Gasteiger partial charge in [0.05, 0.1) is 11.0 Å². The van der Waals surface area contributed by atoms with Crippen molar-refractivity contribution in [3.8, 4) is 0 Å². The first kappa shape index (κ1) is 13.9. The normalized spacial score (nSPS) is 30.6.